The van der Waals surface area contributed by atoms with Crippen molar-refractivity contribution in [1.29, 1.82) is 0 Å². The first-order valence-electron chi connectivity index (χ1n) is 16.9. The maximum atomic E-state index is 15.0. The van der Waals surface area contributed by atoms with Crippen LogP contribution >= 0.6 is 0 Å². The zero-order chi connectivity index (χ0) is 34.9. The minimum absolute atomic E-state index is 0.0283. The highest BCUT2D eigenvalue weighted by Gasteiger charge is 2.92. The van der Waals surface area contributed by atoms with Gasteiger partial charge >= 0.3 is 17.9 Å². The summed E-state index contributed by atoms with van der Waals surface area (Å²) in [6.45, 7) is 10.8. The van der Waals surface area contributed by atoms with Crippen molar-refractivity contribution in [2.24, 2.45) is 39.4 Å². The summed E-state index contributed by atoms with van der Waals surface area (Å²) in [4.78, 5) is 53.5. The van der Waals surface area contributed by atoms with E-state index in [4.69, 9.17) is 28.1 Å². The molecular formula is C35H46O13. The van der Waals surface area contributed by atoms with Crippen molar-refractivity contribution >= 4 is 23.7 Å². The number of aliphatic hydroxyl groups excluding tert-OH is 3. The topological polar surface area (TPSA) is 192 Å². The number of fused-ring (bicyclic) bond motifs is 1. The first kappa shape index (κ1) is 33.6. The lowest BCUT2D eigenvalue weighted by Gasteiger charge is -2.73. The van der Waals surface area contributed by atoms with Gasteiger partial charge in [-0.2, -0.15) is 0 Å². The van der Waals surface area contributed by atoms with Crippen LogP contribution in [0.5, 0.6) is 0 Å². The van der Waals surface area contributed by atoms with Gasteiger partial charge in [-0.25, -0.2) is 0 Å². The zero-order valence-corrected chi connectivity index (χ0v) is 28.3. The largest absolute Gasteiger partial charge is 0.472 e. The Hall–Kier alpha value is -2.84. The smallest absolute Gasteiger partial charge is 0.310 e. The molecule has 6 fully saturated rings. The SMILES string of the molecule is CC[C@@H](C)C(=O)O[C@@H]1OC[C@@]23[C@H]4C(=O)[C@@H](O)[C@@]5(C)[C@H](c6ccoc6)C[C@H]6O[C@]65[C@]4(C)[C@H](O)C[C@H]2[C@@]1(C)[C@H](OC(C)=O)[C@H](OC(C)=O)[C@@H]3O. The summed E-state index contributed by atoms with van der Waals surface area (Å²) in [7, 11) is 0. The number of hydrogen-bond acceptors (Lipinski definition) is 13. The second-order valence-corrected chi connectivity index (χ2v) is 15.7. The van der Waals surface area contributed by atoms with Crippen LogP contribution in [-0.4, -0.2) is 94.1 Å². The van der Waals surface area contributed by atoms with Gasteiger partial charge in [-0.15, -0.1) is 0 Å². The molecule has 264 valence electrons. The number of carbonyl (C=O) groups is 4. The van der Waals surface area contributed by atoms with E-state index in [-0.39, 0.29) is 18.9 Å². The van der Waals surface area contributed by atoms with E-state index >= 15 is 4.79 Å². The number of Topliss-reactive ketones (excluding diaryl/α,β-unsaturated/α-hetero) is 1. The third kappa shape index (κ3) is 3.74. The number of carbonyl (C=O) groups excluding carboxylic acids is 4. The highest BCUT2D eigenvalue weighted by molar-refractivity contribution is 5.91. The van der Waals surface area contributed by atoms with Gasteiger partial charge < -0.3 is 43.4 Å². The van der Waals surface area contributed by atoms with Gasteiger partial charge in [-0.3, -0.25) is 19.2 Å². The number of aliphatic hydroxyl groups is 3. The molecule has 6 aliphatic rings. The van der Waals surface area contributed by atoms with Crippen LogP contribution in [0.2, 0.25) is 0 Å². The molecule has 2 aliphatic heterocycles. The quantitative estimate of drug-likeness (QED) is 0.226. The lowest BCUT2D eigenvalue weighted by Crippen LogP contribution is -2.84. The first-order valence-corrected chi connectivity index (χ1v) is 16.9. The molecule has 0 unspecified atom stereocenters. The van der Waals surface area contributed by atoms with E-state index in [1.165, 1.54) is 13.2 Å². The lowest BCUT2D eigenvalue weighted by atomic mass is 9.33. The normalized spacial score (nSPS) is 50.6. The van der Waals surface area contributed by atoms with E-state index in [9.17, 15) is 29.7 Å². The molecule has 2 bridgehead atoms. The van der Waals surface area contributed by atoms with E-state index < -0.39 is 112 Å². The van der Waals surface area contributed by atoms with Gasteiger partial charge in [0.1, 0.15) is 17.8 Å². The van der Waals surface area contributed by atoms with Crippen LogP contribution in [0.25, 0.3) is 0 Å². The van der Waals surface area contributed by atoms with E-state index in [1.54, 1.807) is 33.1 Å². The molecule has 1 spiro atoms. The molecule has 1 aromatic heterocycles. The van der Waals surface area contributed by atoms with Crippen molar-refractivity contribution in [3.63, 3.8) is 0 Å². The zero-order valence-electron chi connectivity index (χ0n) is 28.3. The minimum atomic E-state index is -1.66. The van der Waals surface area contributed by atoms with E-state index in [1.807, 2.05) is 13.8 Å². The number of hydrogen-bond donors (Lipinski definition) is 3. The fourth-order valence-electron chi connectivity index (χ4n) is 11.6. The second-order valence-electron chi connectivity index (χ2n) is 15.7. The number of esters is 3. The average molecular weight is 675 g/mol. The summed E-state index contributed by atoms with van der Waals surface area (Å²) in [5.41, 5.74) is -6.04. The van der Waals surface area contributed by atoms with Crippen molar-refractivity contribution < 1.29 is 62.6 Å². The minimum Gasteiger partial charge on any atom is -0.472 e. The molecule has 3 N–H and O–H groups in total. The van der Waals surface area contributed by atoms with Gasteiger partial charge in [0, 0.05) is 41.9 Å². The Labute approximate surface area is 278 Å². The highest BCUT2D eigenvalue weighted by Crippen LogP contribution is 2.82. The van der Waals surface area contributed by atoms with Crippen LogP contribution in [0.3, 0.4) is 0 Å². The molecule has 13 nitrogen and oxygen atoms in total. The van der Waals surface area contributed by atoms with Crippen LogP contribution in [0.1, 0.15) is 79.2 Å². The third-order valence-corrected chi connectivity index (χ3v) is 13.9. The third-order valence-electron chi connectivity index (χ3n) is 13.9. The van der Waals surface area contributed by atoms with E-state index in [2.05, 4.69) is 0 Å². The Balaban J connectivity index is 1.42. The van der Waals surface area contributed by atoms with Crippen molar-refractivity contribution in [1.82, 2.24) is 0 Å². The number of epoxide rings is 1. The summed E-state index contributed by atoms with van der Waals surface area (Å²) in [6.07, 6.45) is -5.09. The van der Waals surface area contributed by atoms with Gasteiger partial charge in [0.25, 0.3) is 0 Å². The molecule has 48 heavy (non-hydrogen) atoms. The average Bonchev–Trinajstić information content (AvgIpc) is 3.39. The molecule has 3 heterocycles. The van der Waals surface area contributed by atoms with Crippen molar-refractivity contribution in [3.05, 3.63) is 24.2 Å². The molecule has 0 aromatic carbocycles. The Bertz CT molecular complexity index is 1530. The number of ketones is 1. The Morgan fingerprint density at radius 3 is 2.31 bits per heavy atom. The van der Waals surface area contributed by atoms with Crippen molar-refractivity contribution in [3.8, 4) is 0 Å². The predicted molar refractivity (Wildman–Crippen MR) is 161 cm³/mol. The Morgan fingerprint density at radius 1 is 1.02 bits per heavy atom. The molecule has 1 aromatic rings. The van der Waals surface area contributed by atoms with Gasteiger partial charge in [0.2, 0.25) is 6.29 Å². The molecule has 13 heteroatoms. The number of furan rings is 1. The summed E-state index contributed by atoms with van der Waals surface area (Å²) >= 11 is 0. The van der Waals surface area contributed by atoms with Gasteiger partial charge in [-0.1, -0.05) is 27.7 Å². The molecule has 7 rings (SSSR count). The number of rotatable bonds is 6. The molecular weight excluding hydrogens is 628 g/mol. The number of ether oxygens (including phenoxy) is 5. The molecule has 2 saturated heterocycles. The first-order chi connectivity index (χ1) is 22.5. The van der Waals surface area contributed by atoms with Crippen LogP contribution in [0.4, 0.5) is 0 Å². The Morgan fingerprint density at radius 2 is 1.71 bits per heavy atom. The van der Waals surface area contributed by atoms with Gasteiger partial charge in [0.05, 0.1) is 42.7 Å². The fourth-order valence-corrected chi connectivity index (χ4v) is 11.6. The second kappa shape index (κ2) is 10.6. The molecule has 0 radical (unpaired) electrons. The summed E-state index contributed by atoms with van der Waals surface area (Å²) in [6, 6.07) is 1.80. The summed E-state index contributed by atoms with van der Waals surface area (Å²) in [5, 5.41) is 37.2. The van der Waals surface area contributed by atoms with Crippen LogP contribution in [0, 0.1) is 39.4 Å². The van der Waals surface area contributed by atoms with Crippen molar-refractivity contribution in [2.45, 2.75) is 122 Å². The summed E-state index contributed by atoms with van der Waals surface area (Å²) in [5.74, 6) is -5.68. The maximum absolute atomic E-state index is 15.0. The molecule has 4 aliphatic carbocycles. The predicted octanol–water partition coefficient (Wildman–Crippen LogP) is 2.03. The summed E-state index contributed by atoms with van der Waals surface area (Å²) < 4.78 is 35.9. The fraction of sp³-hybridized carbons (Fsp3) is 0.771. The van der Waals surface area contributed by atoms with Gasteiger partial charge in [-0.05, 0) is 43.7 Å². The van der Waals surface area contributed by atoms with Crippen LogP contribution < -0.4 is 0 Å². The standard InChI is InChI=1S/C35H46O13/c1-8-15(2)29(42)47-30-31(5)20-12-21(38)33(7)25(34(20,14-44-30)27(41)24(45-16(3)36)28(31)46-17(4)37)23(39)26(40)32(6)19(18-9-10-43-13-18)11-22-35(32,33)48-22/h9-10,13,15,19-22,24-28,30,38,40-41H,8,11-12,14H2,1-7H3/t15-,19+,20+,21-,22-,24-,25+,26-,27+,28-,30+,31+,32-,33-,34+,35-/m1/s1. The molecule has 0 amide bonds. The Kier molecular flexibility index (Phi) is 7.42. The molecule has 16 atom stereocenters. The van der Waals surface area contributed by atoms with Crippen LogP contribution in [0.15, 0.2) is 23.0 Å². The maximum Gasteiger partial charge on any atom is 0.310 e. The van der Waals surface area contributed by atoms with Crippen LogP contribution in [-0.2, 0) is 42.9 Å². The lowest BCUT2D eigenvalue weighted by molar-refractivity contribution is -0.391. The van der Waals surface area contributed by atoms with E-state index in [0.717, 1.165) is 12.5 Å². The van der Waals surface area contributed by atoms with E-state index in [0.29, 0.717) is 12.8 Å². The monoisotopic (exact) mass is 674 g/mol. The van der Waals surface area contributed by atoms with Gasteiger partial charge in [0.15, 0.2) is 18.0 Å². The highest BCUT2D eigenvalue weighted by atomic mass is 16.7. The van der Waals surface area contributed by atoms with Crippen molar-refractivity contribution in [2.75, 3.05) is 6.61 Å². The molecule has 4 saturated carbocycles.